The summed E-state index contributed by atoms with van der Waals surface area (Å²) in [5.74, 6) is -1.72. The maximum atomic E-state index is 15.0. The molecule has 0 radical (unpaired) electrons. The molecule has 7 heteroatoms. The number of nitrogens with two attached hydrogens (primary N) is 1. The summed E-state index contributed by atoms with van der Waals surface area (Å²) in [6.07, 6.45) is 0.763. The highest BCUT2D eigenvalue weighted by atomic mass is 79.9. The van der Waals surface area contributed by atoms with Gasteiger partial charge in [0, 0.05) is 22.2 Å². The fourth-order valence-corrected chi connectivity index (χ4v) is 4.77. The van der Waals surface area contributed by atoms with E-state index in [2.05, 4.69) is 22.0 Å². The second kappa shape index (κ2) is 7.61. The number of nitriles is 1. The normalized spacial score (nSPS) is 20.6. The van der Waals surface area contributed by atoms with Crippen LogP contribution in [-0.2, 0) is 4.79 Å². The molecule has 158 valence electrons. The Balaban J connectivity index is 2.01. The third-order valence-corrected chi connectivity index (χ3v) is 6.23. The van der Waals surface area contributed by atoms with Gasteiger partial charge in [0.15, 0.2) is 5.78 Å². The van der Waals surface area contributed by atoms with Crippen LogP contribution in [0.15, 0.2) is 69.6 Å². The second-order valence-corrected chi connectivity index (χ2v) is 9.54. The first-order chi connectivity index (χ1) is 14.6. The Bertz CT molecular complexity index is 1190. The van der Waals surface area contributed by atoms with Gasteiger partial charge in [0.1, 0.15) is 17.5 Å². The van der Waals surface area contributed by atoms with Gasteiger partial charge in [-0.25, -0.2) is 8.78 Å². The van der Waals surface area contributed by atoms with Crippen LogP contribution in [0.25, 0.3) is 0 Å². The van der Waals surface area contributed by atoms with Crippen LogP contribution in [0.1, 0.15) is 38.2 Å². The first-order valence-electron chi connectivity index (χ1n) is 9.79. The molecule has 1 heterocycles. The number of anilines is 1. The lowest BCUT2D eigenvalue weighted by atomic mass is 9.68. The van der Waals surface area contributed by atoms with Crippen LogP contribution in [0.2, 0.25) is 0 Å². The standard InChI is InChI=1S/C24H20BrF2N3O/c1-24(2)10-19-22(20(31)11-24)21(13-3-6-15(26)7-4-13)16(12-28)23(29)30(19)18-8-5-14(25)9-17(18)27/h3-9,21H,10-11,29H2,1-2H3/t21-/m1/s1. The lowest BCUT2D eigenvalue weighted by Crippen LogP contribution is -2.42. The third-order valence-electron chi connectivity index (χ3n) is 5.73. The van der Waals surface area contributed by atoms with Crippen LogP contribution < -0.4 is 10.6 Å². The maximum Gasteiger partial charge on any atom is 0.162 e. The molecule has 2 N–H and O–H groups in total. The van der Waals surface area contributed by atoms with Gasteiger partial charge in [-0.2, -0.15) is 5.26 Å². The summed E-state index contributed by atoms with van der Waals surface area (Å²) in [6, 6.07) is 12.4. The van der Waals surface area contributed by atoms with Crippen molar-refractivity contribution in [3.05, 3.63) is 86.8 Å². The molecule has 0 saturated carbocycles. The maximum absolute atomic E-state index is 15.0. The van der Waals surface area contributed by atoms with E-state index >= 15 is 0 Å². The lowest BCUT2D eigenvalue weighted by Gasteiger charge is -2.43. The molecule has 0 fully saturated rings. The van der Waals surface area contributed by atoms with Crippen molar-refractivity contribution < 1.29 is 13.6 Å². The van der Waals surface area contributed by atoms with Crippen molar-refractivity contribution >= 4 is 27.4 Å². The highest BCUT2D eigenvalue weighted by Crippen LogP contribution is 2.50. The van der Waals surface area contributed by atoms with Crippen molar-refractivity contribution in [2.75, 3.05) is 4.90 Å². The van der Waals surface area contributed by atoms with Crippen LogP contribution in [0.3, 0.4) is 0 Å². The van der Waals surface area contributed by atoms with Crippen LogP contribution in [0.4, 0.5) is 14.5 Å². The molecule has 2 aromatic rings. The topological polar surface area (TPSA) is 70.1 Å². The van der Waals surface area contributed by atoms with Crippen molar-refractivity contribution in [3.63, 3.8) is 0 Å². The summed E-state index contributed by atoms with van der Waals surface area (Å²) in [5.41, 5.74) is 7.99. The molecule has 31 heavy (non-hydrogen) atoms. The molecule has 0 unspecified atom stereocenters. The van der Waals surface area contributed by atoms with Gasteiger partial charge in [-0.1, -0.05) is 41.9 Å². The van der Waals surface area contributed by atoms with Crippen molar-refractivity contribution in [1.29, 1.82) is 5.26 Å². The van der Waals surface area contributed by atoms with Crippen LogP contribution in [0.5, 0.6) is 0 Å². The van der Waals surface area contributed by atoms with Gasteiger partial charge in [-0.3, -0.25) is 9.69 Å². The summed E-state index contributed by atoms with van der Waals surface area (Å²) in [4.78, 5) is 14.8. The molecule has 0 saturated heterocycles. The molecular weight excluding hydrogens is 464 g/mol. The number of ketones is 1. The number of hydrogen-bond acceptors (Lipinski definition) is 4. The number of Topliss-reactive ketones (excluding diaryl/α,β-unsaturated/α-hetero) is 1. The minimum atomic E-state index is -0.723. The molecule has 0 bridgehead atoms. The highest BCUT2D eigenvalue weighted by Gasteiger charge is 2.45. The Kier molecular flexibility index (Phi) is 5.22. The number of halogens is 3. The van der Waals surface area contributed by atoms with Gasteiger partial charge >= 0.3 is 0 Å². The summed E-state index contributed by atoms with van der Waals surface area (Å²) < 4.78 is 29.1. The second-order valence-electron chi connectivity index (χ2n) is 8.63. The van der Waals surface area contributed by atoms with Gasteiger partial charge in [-0.05, 0) is 47.7 Å². The van der Waals surface area contributed by atoms with Gasteiger partial charge < -0.3 is 5.73 Å². The molecule has 1 aliphatic heterocycles. The zero-order valence-corrected chi connectivity index (χ0v) is 18.6. The van der Waals surface area contributed by atoms with Crippen molar-refractivity contribution in [2.45, 2.75) is 32.6 Å². The van der Waals surface area contributed by atoms with E-state index in [0.29, 0.717) is 34.1 Å². The predicted octanol–water partition coefficient (Wildman–Crippen LogP) is 5.67. The van der Waals surface area contributed by atoms with Crippen molar-refractivity contribution in [3.8, 4) is 6.07 Å². The van der Waals surface area contributed by atoms with Crippen molar-refractivity contribution in [1.82, 2.24) is 0 Å². The van der Waals surface area contributed by atoms with Crippen LogP contribution in [0, 0.1) is 28.4 Å². The predicted molar refractivity (Wildman–Crippen MR) is 118 cm³/mol. The quantitative estimate of drug-likeness (QED) is 0.597. The molecule has 2 aliphatic rings. The zero-order chi connectivity index (χ0) is 22.5. The Labute approximate surface area is 187 Å². The SMILES string of the molecule is CC1(C)CC(=O)C2=C(C1)N(c1ccc(Br)cc1F)C(N)=C(C#N)[C@H]2c1ccc(F)cc1. The molecular formula is C24H20BrF2N3O. The molecule has 4 rings (SSSR count). The summed E-state index contributed by atoms with van der Waals surface area (Å²) in [6.45, 7) is 3.94. The van der Waals surface area contributed by atoms with E-state index in [-0.39, 0.29) is 28.3 Å². The van der Waals surface area contributed by atoms with Crippen LogP contribution in [-0.4, -0.2) is 5.78 Å². The molecule has 1 aliphatic carbocycles. The fourth-order valence-electron chi connectivity index (χ4n) is 4.44. The number of rotatable bonds is 2. The number of hydrogen-bond donors (Lipinski definition) is 1. The number of nitrogens with zero attached hydrogens (tertiary/aromatic N) is 2. The van der Waals surface area contributed by atoms with E-state index < -0.39 is 17.6 Å². The lowest BCUT2D eigenvalue weighted by molar-refractivity contribution is -0.118. The average Bonchev–Trinajstić information content (AvgIpc) is 2.68. The molecule has 0 amide bonds. The van der Waals surface area contributed by atoms with E-state index in [1.54, 1.807) is 24.3 Å². The zero-order valence-electron chi connectivity index (χ0n) is 17.0. The van der Waals surface area contributed by atoms with Crippen molar-refractivity contribution in [2.24, 2.45) is 11.1 Å². The minimum absolute atomic E-state index is 0.0716. The Hall–Kier alpha value is -2.98. The number of benzene rings is 2. The Morgan fingerprint density at radius 3 is 2.45 bits per heavy atom. The largest absolute Gasteiger partial charge is 0.384 e. The Morgan fingerprint density at radius 2 is 1.84 bits per heavy atom. The molecule has 4 nitrogen and oxygen atoms in total. The van der Waals surface area contributed by atoms with E-state index in [9.17, 15) is 18.8 Å². The summed E-state index contributed by atoms with van der Waals surface area (Å²) in [7, 11) is 0. The molecule has 1 atom stereocenters. The smallest absolute Gasteiger partial charge is 0.162 e. The van der Waals surface area contributed by atoms with E-state index in [4.69, 9.17) is 5.73 Å². The van der Waals surface area contributed by atoms with Gasteiger partial charge in [-0.15, -0.1) is 0 Å². The Morgan fingerprint density at radius 1 is 1.16 bits per heavy atom. The van der Waals surface area contributed by atoms with Gasteiger partial charge in [0.2, 0.25) is 0 Å². The van der Waals surface area contributed by atoms with E-state index in [1.807, 2.05) is 13.8 Å². The minimum Gasteiger partial charge on any atom is -0.384 e. The van der Waals surface area contributed by atoms with Gasteiger partial charge in [0.25, 0.3) is 0 Å². The van der Waals surface area contributed by atoms with E-state index in [1.165, 1.54) is 23.1 Å². The average molecular weight is 484 g/mol. The molecule has 2 aromatic carbocycles. The first-order valence-corrected chi connectivity index (χ1v) is 10.6. The monoisotopic (exact) mass is 483 g/mol. The molecule has 0 spiro atoms. The van der Waals surface area contributed by atoms with Gasteiger partial charge in [0.05, 0.1) is 23.2 Å². The first kappa shape index (κ1) is 21.3. The third kappa shape index (κ3) is 3.66. The molecule has 0 aromatic heterocycles. The van der Waals surface area contributed by atoms with E-state index in [0.717, 1.165) is 0 Å². The number of carbonyl (C=O) groups excluding carboxylic acids is 1. The fraction of sp³-hybridized carbons (Fsp3) is 0.250. The number of allylic oxidation sites excluding steroid dienone is 3. The summed E-state index contributed by atoms with van der Waals surface area (Å²) >= 11 is 3.25. The highest BCUT2D eigenvalue weighted by molar-refractivity contribution is 9.10. The van der Waals surface area contributed by atoms with Crippen LogP contribution >= 0.6 is 15.9 Å². The summed E-state index contributed by atoms with van der Waals surface area (Å²) in [5, 5.41) is 9.98. The number of carbonyl (C=O) groups is 1.